The molecule has 0 aromatic heterocycles. The number of nitrogens with one attached hydrogen (secondary N) is 1. The molecule has 0 spiro atoms. The molecule has 4 nitrogen and oxygen atoms in total. The number of carbonyl (C=O) groups is 1. The Labute approximate surface area is 95.1 Å². The lowest BCUT2D eigenvalue weighted by Crippen LogP contribution is -2.48. The minimum atomic E-state index is -0.175. The van der Waals surface area contributed by atoms with Gasteiger partial charge in [0.15, 0.2) is 0 Å². The highest BCUT2D eigenvalue weighted by atomic mass is 32.1. The summed E-state index contributed by atoms with van der Waals surface area (Å²) in [6.07, 6.45) is 4.44. The maximum Gasteiger partial charge on any atom is 0.323 e. The standard InChI is InChI=1S/C10H16N2O2S/c1-6-3-4-12(10(13)11-6)9-5-8(15)7(2)14-9/h3-4,6-9,15H,5H2,1-2H3,(H,11,13)/t6?,7-,8?,9-/m1/s1. The van der Waals surface area contributed by atoms with Crippen LogP contribution in [0, 0.1) is 0 Å². The Bertz CT molecular complexity index is 285. The van der Waals surface area contributed by atoms with Crippen LogP contribution in [0.25, 0.3) is 0 Å². The van der Waals surface area contributed by atoms with Crippen molar-refractivity contribution >= 4 is 18.7 Å². The first-order valence-corrected chi connectivity index (χ1v) is 5.70. The lowest BCUT2D eigenvalue weighted by atomic mass is 10.2. The zero-order chi connectivity index (χ0) is 11.0. The molecule has 84 valence electrons. The van der Waals surface area contributed by atoms with Gasteiger partial charge < -0.3 is 10.1 Å². The number of nitrogens with zero attached hydrogens (tertiary/aromatic N) is 1. The molecular weight excluding hydrogens is 212 g/mol. The molecule has 0 aliphatic carbocycles. The third-order valence-electron chi connectivity index (χ3n) is 2.79. The Balaban J connectivity index is 2.06. The fourth-order valence-corrected chi connectivity index (χ4v) is 2.06. The molecule has 1 fully saturated rings. The quantitative estimate of drug-likeness (QED) is 0.665. The van der Waals surface area contributed by atoms with E-state index in [9.17, 15) is 4.79 Å². The summed E-state index contributed by atoms with van der Waals surface area (Å²) in [6.45, 7) is 3.91. The molecule has 5 heteroatoms. The summed E-state index contributed by atoms with van der Waals surface area (Å²) in [7, 11) is 0. The van der Waals surface area contributed by atoms with E-state index >= 15 is 0 Å². The maximum absolute atomic E-state index is 11.7. The normalized spacial score (nSPS) is 40.7. The van der Waals surface area contributed by atoms with Crippen molar-refractivity contribution < 1.29 is 9.53 Å². The van der Waals surface area contributed by atoms with Gasteiger partial charge in [0.1, 0.15) is 6.23 Å². The van der Waals surface area contributed by atoms with Gasteiger partial charge in [0.05, 0.1) is 6.10 Å². The van der Waals surface area contributed by atoms with Crippen molar-refractivity contribution in [1.29, 1.82) is 0 Å². The van der Waals surface area contributed by atoms with Gasteiger partial charge in [-0.05, 0) is 19.9 Å². The van der Waals surface area contributed by atoms with Gasteiger partial charge in [0, 0.05) is 23.9 Å². The van der Waals surface area contributed by atoms with Crippen molar-refractivity contribution in [3.05, 3.63) is 12.3 Å². The van der Waals surface area contributed by atoms with Gasteiger partial charge in [-0.25, -0.2) is 4.79 Å². The van der Waals surface area contributed by atoms with Crippen molar-refractivity contribution in [2.24, 2.45) is 0 Å². The lowest BCUT2D eigenvalue weighted by molar-refractivity contribution is -0.0102. The topological polar surface area (TPSA) is 41.6 Å². The Morgan fingerprint density at radius 1 is 1.60 bits per heavy atom. The first-order valence-electron chi connectivity index (χ1n) is 5.18. The summed E-state index contributed by atoms with van der Waals surface area (Å²) in [5.41, 5.74) is 0. The van der Waals surface area contributed by atoms with E-state index in [0.717, 1.165) is 6.42 Å². The third kappa shape index (κ3) is 2.13. The molecule has 2 aliphatic heterocycles. The molecule has 2 aliphatic rings. The fraction of sp³-hybridized carbons (Fsp3) is 0.700. The average molecular weight is 228 g/mol. The van der Waals surface area contributed by atoms with E-state index in [1.165, 1.54) is 0 Å². The number of ether oxygens (including phenoxy) is 1. The predicted molar refractivity (Wildman–Crippen MR) is 60.7 cm³/mol. The molecule has 0 bridgehead atoms. The van der Waals surface area contributed by atoms with Crippen LogP contribution in [0.2, 0.25) is 0 Å². The Kier molecular flexibility index (Phi) is 2.93. The summed E-state index contributed by atoms with van der Waals surface area (Å²) in [4.78, 5) is 13.3. The number of urea groups is 1. The molecule has 15 heavy (non-hydrogen) atoms. The van der Waals surface area contributed by atoms with Gasteiger partial charge in [-0.15, -0.1) is 0 Å². The van der Waals surface area contributed by atoms with E-state index in [2.05, 4.69) is 17.9 Å². The van der Waals surface area contributed by atoms with Crippen LogP contribution in [0.5, 0.6) is 0 Å². The predicted octanol–water partition coefficient (Wildman–Crippen LogP) is 1.35. The zero-order valence-electron chi connectivity index (χ0n) is 8.88. The third-order valence-corrected chi connectivity index (χ3v) is 3.42. The van der Waals surface area contributed by atoms with Crippen molar-refractivity contribution in [1.82, 2.24) is 10.2 Å². The van der Waals surface area contributed by atoms with Crippen LogP contribution in [0.1, 0.15) is 20.3 Å². The summed E-state index contributed by atoms with van der Waals surface area (Å²) < 4.78 is 5.66. The minimum Gasteiger partial charge on any atom is -0.354 e. The lowest BCUT2D eigenvalue weighted by Gasteiger charge is -2.30. The van der Waals surface area contributed by atoms with Crippen LogP contribution in [0.15, 0.2) is 12.3 Å². The Morgan fingerprint density at radius 3 is 2.87 bits per heavy atom. The molecule has 1 N–H and O–H groups in total. The van der Waals surface area contributed by atoms with E-state index in [-0.39, 0.29) is 29.7 Å². The molecule has 0 aromatic carbocycles. The molecule has 2 amide bonds. The molecular formula is C10H16N2O2S. The van der Waals surface area contributed by atoms with E-state index in [1.807, 2.05) is 19.9 Å². The summed E-state index contributed by atoms with van der Waals surface area (Å²) in [5, 5.41) is 3.04. The molecule has 2 heterocycles. The SMILES string of the molecule is CC1C=CN([C@H]2CC(S)[C@@H](C)O2)C(=O)N1. The van der Waals surface area contributed by atoms with Crippen molar-refractivity contribution in [2.45, 2.75) is 43.9 Å². The summed E-state index contributed by atoms with van der Waals surface area (Å²) in [6, 6.07) is 0.00371. The van der Waals surface area contributed by atoms with Crippen molar-refractivity contribution in [2.75, 3.05) is 0 Å². The van der Waals surface area contributed by atoms with Gasteiger partial charge in [-0.2, -0.15) is 12.6 Å². The number of hydrogen-bond acceptors (Lipinski definition) is 3. The maximum atomic E-state index is 11.7. The Morgan fingerprint density at radius 2 is 2.33 bits per heavy atom. The molecule has 0 radical (unpaired) electrons. The van der Waals surface area contributed by atoms with Gasteiger partial charge in [0.25, 0.3) is 0 Å². The minimum absolute atomic E-state index is 0.0929. The monoisotopic (exact) mass is 228 g/mol. The highest BCUT2D eigenvalue weighted by Gasteiger charge is 2.36. The van der Waals surface area contributed by atoms with Gasteiger partial charge >= 0.3 is 6.03 Å². The van der Waals surface area contributed by atoms with Crippen LogP contribution in [-0.4, -0.2) is 34.6 Å². The highest BCUT2D eigenvalue weighted by Crippen LogP contribution is 2.27. The smallest absolute Gasteiger partial charge is 0.323 e. The molecule has 1 saturated heterocycles. The second-order valence-electron chi connectivity index (χ2n) is 4.09. The van der Waals surface area contributed by atoms with E-state index in [0.29, 0.717) is 0 Å². The van der Waals surface area contributed by atoms with Gasteiger partial charge in [-0.1, -0.05) is 0 Å². The van der Waals surface area contributed by atoms with E-state index in [4.69, 9.17) is 4.74 Å². The van der Waals surface area contributed by atoms with E-state index < -0.39 is 0 Å². The second-order valence-corrected chi connectivity index (χ2v) is 4.75. The van der Waals surface area contributed by atoms with Gasteiger partial charge in [-0.3, -0.25) is 4.90 Å². The molecule has 0 aromatic rings. The largest absolute Gasteiger partial charge is 0.354 e. The molecule has 4 atom stereocenters. The highest BCUT2D eigenvalue weighted by molar-refractivity contribution is 7.81. The summed E-state index contributed by atoms with van der Waals surface area (Å²) >= 11 is 4.41. The molecule has 0 saturated carbocycles. The van der Waals surface area contributed by atoms with Crippen LogP contribution >= 0.6 is 12.6 Å². The van der Waals surface area contributed by atoms with Crippen LogP contribution in [-0.2, 0) is 4.74 Å². The number of hydrogen-bond donors (Lipinski definition) is 2. The van der Waals surface area contributed by atoms with Crippen LogP contribution in [0.3, 0.4) is 0 Å². The average Bonchev–Trinajstić information content (AvgIpc) is 2.46. The van der Waals surface area contributed by atoms with Crippen LogP contribution < -0.4 is 5.32 Å². The van der Waals surface area contributed by atoms with E-state index in [1.54, 1.807) is 11.1 Å². The Hall–Kier alpha value is -0.680. The molecule has 2 unspecified atom stereocenters. The fourth-order valence-electron chi connectivity index (χ4n) is 1.81. The zero-order valence-corrected chi connectivity index (χ0v) is 9.78. The van der Waals surface area contributed by atoms with Crippen molar-refractivity contribution in [3.8, 4) is 0 Å². The number of carbonyl (C=O) groups excluding carboxylic acids is 1. The first kappa shape index (κ1) is 10.8. The first-order chi connectivity index (χ1) is 7.08. The second kappa shape index (κ2) is 4.06. The summed E-state index contributed by atoms with van der Waals surface area (Å²) in [5.74, 6) is 0. The van der Waals surface area contributed by atoms with Gasteiger partial charge in [0.2, 0.25) is 0 Å². The number of amides is 2. The van der Waals surface area contributed by atoms with Crippen LogP contribution in [0.4, 0.5) is 4.79 Å². The molecule has 2 rings (SSSR count). The number of rotatable bonds is 1. The van der Waals surface area contributed by atoms with Crippen molar-refractivity contribution in [3.63, 3.8) is 0 Å². The number of thiol groups is 1.